The van der Waals surface area contributed by atoms with Gasteiger partial charge in [0.1, 0.15) is 5.75 Å². The Labute approximate surface area is 162 Å². The number of carbonyl (C=O) groups is 2. The van der Waals surface area contributed by atoms with Crippen LogP contribution in [0.5, 0.6) is 5.75 Å². The molecule has 0 bridgehead atoms. The molecule has 0 fully saturated rings. The summed E-state index contributed by atoms with van der Waals surface area (Å²) in [5.74, 6) is -1.64. The van der Waals surface area contributed by atoms with Crippen LogP contribution in [0.4, 0.5) is 0 Å². The van der Waals surface area contributed by atoms with Gasteiger partial charge in [-0.1, -0.05) is 35.3 Å². The van der Waals surface area contributed by atoms with Crippen molar-refractivity contribution in [3.05, 3.63) is 74.1 Å². The summed E-state index contributed by atoms with van der Waals surface area (Å²) in [5, 5.41) is 9.59. The predicted octanol–water partition coefficient (Wildman–Crippen LogP) is 3.99. The number of hydrogen-bond acceptors (Lipinski definition) is 5. The first-order chi connectivity index (χ1) is 12.8. The predicted molar refractivity (Wildman–Crippen MR) is 100 cm³/mol. The number of hydrogen-bond donors (Lipinski definition) is 1. The molecule has 2 aromatic carbocycles. The number of fused-ring (bicyclic) bond motifs is 1. The first-order valence-electron chi connectivity index (χ1n) is 7.74. The molecule has 0 aliphatic heterocycles. The van der Waals surface area contributed by atoms with E-state index in [-0.39, 0.29) is 39.4 Å². The fraction of sp³-hybridized carbons (Fsp3) is 0.105. The smallest absolute Gasteiger partial charge is 0.341 e. The molecule has 0 atom stereocenters. The molecule has 138 valence electrons. The monoisotopic (exact) mass is 406 g/mol. The lowest BCUT2D eigenvalue weighted by Gasteiger charge is -2.10. The van der Waals surface area contributed by atoms with Crippen LogP contribution in [0.3, 0.4) is 0 Å². The molecule has 3 aromatic rings. The molecule has 27 heavy (non-hydrogen) atoms. The Bertz CT molecular complexity index is 1100. The van der Waals surface area contributed by atoms with Gasteiger partial charge in [0.25, 0.3) is 0 Å². The molecule has 1 heterocycles. The lowest BCUT2D eigenvalue weighted by atomic mass is 10.1. The Hall–Kier alpha value is -2.83. The Morgan fingerprint density at radius 2 is 1.89 bits per heavy atom. The summed E-state index contributed by atoms with van der Waals surface area (Å²) < 4.78 is 10.7. The van der Waals surface area contributed by atoms with Crippen LogP contribution in [0.25, 0.3) is 11.0 Å². The number of ether oxygens (including phenoxy) is 1. The molecule has 0 aliphatic carbocycles. The molecule has 0 spiro atoms. The first-order valence-corrected chi connectivity index (χ1v) is 8.49. The maximum Gasteiger partial charge on any atom is 0.341 e. The SMILES string of the molecule is O=C(O)COc1cc(Cl)ccc1CC(=O)c1cc(=O)c2cccc(Cl)c2o1. The summed E-state index contributed by atoms with van der Waals surface area (Å²) >= 11 is 11.9. The van der Waals surface area contributed by atoms with Crippen LogP contribution in [0, 0.1) is 0 Å². The fourth-order valence-electron chi connectivity index (χ4n) is 2.49. The largest absolute Gasteiger partial charge is 0.482 e. The first kappa shape index (κ1) is 18.9. The third kappa shape index (κ3) is 4.30. The van der Waals surface area contributed by atoms with Gasteiger partial charge >= 0.3 is 5.97 Å². The molecule has 6 nitrogen and oxygen atoms in total. The van der Waals surface area contributed by atoms with E-state index in [9.17, 15) is 14.4 Å². The zero-order valence-electron chi connectivity index (χ0n) is 13.7. The number of carboxylic acid groups (broad SMARTS) is 1. The van der Waals surface area contributed by atoms with Crippen LogP contribution in [0.1, 0.15) is 16.1 Å². The Morgan fingerprint density at radius 1 is 1.11 bits per heavy atom. The second kappa shape index (κ2) is 7.82. The van der Waals surface area contributed by atoms with Crippen LogP contribution < -0.4 is 10.2 Å². The van der Waals surface area contributed by atoms with Gasteiger partial charge < -0.3 is 14.3 Å². The quantitative estimate of drug-likeness (QED) is 0.621. The molecule has 3 rings (SSSR count). The molecule has 0 aliphatic rings. The van der Waals surface area contributed by atoms with Gasteiger partial charge in [-0.25, -0.2) is 4.79 Å². The zero-order chi connectivity index (χ0) is 19.6. The number of benzene rings is 2. The van der Waals surface area contributed by atoms with E-state index in [1.165, 1.54) is 6.07 Å². The number of aliphatic carboxylic acids is 1. The van der Waals surface area contributed by atoms with Gasteiger partial charge in [-0.2, -0.15) is 0 Å². The maximum absolute atomic E-state index is 12.6. The Balaban J connectivity index is 1.94. The summed E-state index contributed by atoms with van der Waals surface area (Å²) in [7, 11) is 0. The number of carboxylic acids is 1. The summed E-state index contributed by atoms with van der Waals surface area (Å²) in [5.41, 5.74) is 0.154. The number of Topliss-reactive ketones (excluding diaryl/α,β-unsaturated/α-hetero) is 1. The zero-order valence-corrected chi connectivity index (χ0v) is 15.2. The van der Waals surface area contributed by atoms with E-state index in [1.54, 1.807) is 30.3 Å². The van der Waals surface area contributed by atoms with Crippen LogP contribution in [0.2, 0.25) is 10.0 Å². The van der Waals surface area contributed by atoms with Crippen molar-refractivity contribution in [2.45, 2.75) is 6.42 Å². The number of rotatable bonds is 6. The number of ketones is 1. The van der Waals surface area contributed by atoms with Crippen molar-refractivity contribution in [2.75, 3.05) is 6.61 Å². The molecule has 1 N–H and O–H groups in total. The minimum Gasteiger partial charge on any atom is -0.482 e. The highest BCUT2D eigenvalue weighted by Gasteiger charge is 2.17. The molecule has 8 heteroatoms. The van der Waals surface area contributed by atoms with Gasteiger partial charge in [0.05, 0.1) is 10.4 Å². The van der Waals surface area contributed by atoms with Crippen LogP contribution >= 0.6 is 23.2 Å². The van der Waals surface area contributed by atoms with E-state index in [0.717, 1.165) is 6.07 Å². The average Bonchev–Trinajstić information content (AvgIpc) is 2.62. The second-order valence-electron chi connectivity index (χ2n) is 5.63. The standard InChI is InChI=1S/C19H12Cl2O6/c20-11-5-4-10(16(7-11)26-9-18(24)25)6-15(23)17-8-14(22)12-2-1-3-13(21)19(12)27-17/h1-5,7-8H,6,9H2,(H,24,25). The molecule has 0 amide bonds. The maximum atomic E-state index is 12.6. The highest BCUT2D eigenvalue weighted by Crippen LogP contribution is 2.26. The van der Waals surface area contributed by atoms with Gasteiger partial charge in [-0.05, 0) is 24.3 Å². The fourth-order valence-corrected chi connectivity index (χ4v) is 2.86. The summed E-state index contributed by atoms with van der Waals surface area (Å²) in [6, 6.07) is 10.3. The van der Waals surface area contributed by atoms with Gasteiger partial charge in [0.2, 0.25) is 5.78 Å². The molecule has 0 saturated heterocycles. The molecular formula is C19H12Cl2O6. The molecule has 0 unspecified atom stereocenters. The highest BCUT2D eigenvalue weighted by molar-refractivity contribution is 6.34. The topological polar surface area (TPSA) is 93.8 Å². The minimum atomic E-state index is -1.16. The number of para-hydroxylation sites is 1. The van der Waals surface area contributed by atoms with Crippen molar-refractivity contribution in [3.63, 3.8) is 0 Å². The van der Waals surface area contributed by atoms with E-state index in [0.29, 0.717) is 10.6 Å². The number of carbonyl (C=O) groups excluding carboxylic acids is 1. The van der Waals surface area contributed by atoms with E-state index in [2.05, 4.69) is 0 Å². The van der Waals surface area contributed by atoms with Crippen molar-refractivity contribution < 1.29 is 23.8 Å². The average molecular weight is 407 g/mol. The third-order valence-corrected chi connectivity index (χ3v) is 4.25. The molecular weight excluding hydrogens is 395 g/mol. The van der Waals surface area contributed by atoms with Crippen molar-refractivity contribution in [1.29, 1.82) is 0 Å². The lowest BCUT2D eigenvalue weighted by Crippen LogP contribution is -2.13. The van der Waals surface area contributed by atoms with E-state index < -0.39 is 18.4 Å². The third-order valence-electron chi connectivity index (χ3n) is 3.71. The van der Waals surface area contributed by atoms with Crippen molar-refractivity contribution in [2.24, 2.45) is 0 Å². The normalized spacial score (nSPS) is 10.7. The van der Waals surface area contributed by atoms with Gasteiger partial charge in [0.15, 0.2) is 23.4 Å². The van der Waals surface area contributed by atoms with Crippen LogP contribution in [0.15, 0.2) is 51.7 Å². The second-order valence-corrected chi connectivity index (χ2v) is 6.47. The van der Waals surface area contributed by atoms with E-state index >= 15 is 0 Å². The van der Waals surface area contributed by atoms with Crippen molar-refractivity contribution >= 4 is 45.9 Å². The van der Waals surface area contributed by atoms with E-state index in [4.69, 9.17) is 37.5 Å². The molecule has 0 saturated carbocycles. The van der Waals surface area contributed by atoms with Crippen LogP contribution in [-0.2, 0) is 11.2 Å². The Kier molecular flexibility index (Phi) is 5.48. The summed E-state index contributed by atoms with van der Waals surface area (Å²) in [6.07, 6.45) is -0.176. The van der Waals surface area contributed by atoms with Crippen molar-refractivity contribution in [3.8, 4) is 5.75 Å². The Morgan fingerprint density at radius 3 is 2.63 bits per heavy atom. The summed E-state index contributed by atoms with van der Waals surface area (Å²) in [4.78, 5) is 35.6. The number of halogens is 2. The minimum absolute atomic E-state index is 0.133. The summed E-state index contributed by atoms with van der Waals surface area (Å²) in [6.45, 7) is -0.581. The van der Waals surface area contributed by atoms with Crippen LogP contribution in [-0.4, -0.2) is 23.5 Å². The van der Waals surface area contributed by atoms with Gasteiger partial charge in [0, 0.05) is 23.1 Å². The highest BCUT2D eigenvalue weighted by atomic mass is 35.5. The van der Waals surface area contributed by atoms with E-state index in [1.807, 2.05) is 0 Å². The van der Waals surface area contributed by atoms with Gasteiger partial charge in [-0.3, -0.25) is 9.59 Å². The molecule has 0 radical (unpaired) electrons. The van der Waals surface area contributed by atoms with Crippen molar-refractivity contribution in [1.82, 2.24) is 0 Å². The molecule has 1 aromatic heterocycles. The lowest BCUT2D eigenvalue weighted by molar-refractivity contribution is -0.139. The van der Waals surface area contributed by atoms with Gasteiger partial charge in [-0.15, -0.1) is 0 Å².